The van der Waals surface area contributed by atoms with Crippen LogP contribution in [0.4, 0.5) is 0 Å². The lowest BCUT2D eigenvalue weighted by atomic mass is 9.85. The number of carboxylic acid groups (broad SMARTS) is 1. The van der Waals surface area contributed by atoms with E-state index < -0.39 is 5.97 Å². The molecule has 0 aliphatic carbocycles. The number of esters is 1. The first-order chi connectivity index (χ1) is 10.7. The van der Waals surface area contributed by atoms with Crippen LogP contribution in [0.5, 0.6) is 5.75 Å². The van der Waals surface area contributed by atoms with Gasteiger partial charge in [0.2, 0.25) is 0 Å². The van der Waals surface area contributed by atoms with E-state index in [9.17, 15) is 14.7 Å². The molecule has 23 heavy (non-hydrogen) atoms. The molecule has 0 bridgehead atoms. The van der Waals surface area contributed by atoms with E-state index in [1.54, 1.807) is 36.4 Å². The van der Waals surface area contributed by atoms with Crippen LogP contribution in [0.15, 0.2) is 36.4 Å². The molecule has 1 N–H and O–H groups in total. The summed E-state index contributed by atoms with van der Waals surface area (Å²) in [5.41, 5.74) is 0.233. The molecule has 1 unspecified atom stereocenters. The van der Waals surface area contributed by atoms with Crippen LogP contribution in [0.2, 0.25) is 0 Å². The number of rotatable bonds is 4. The van der Waals surface area contributed by atoms with Gasteiger partial charge >= 0.3 is 11.9 Å². The zero-order valence-electron chi connectivity index (χ0n) is 13.9. The highest BCUT2D eigenvalue weighted by molar-refractivity contribution is 6.05. The Morgan fingerprint density at radius 3 is 2.30 bits per heavy atom. The van der Waals surface area contributed by atoms with Gasteiger partial charge in [0.15, 0.2) is 0 Å². The lowest BCUT2D eigenvalue weighted by molar-refractivity contribution is -0.139. The second-order valence-electron chi connectivity index (χ2n) is 7.05. The molecule has 122 valence electrons. The second kappa shape index (κ2) is 6.41. The van der Waals surface area contributed by atoms with Crippen LogP contribution < -0.4 is 4.74 Å². The van der Waals surface area contributed by atoms with Gasteiger partial charge in [0.1, 0.15) is 5.75 Å². The molecule has 2 aromatic carbocycles. The average Bonchev–Trinajstić information content (AvgIpc) is 2.45. The Labute approximate surface area is 136 Å². The third-order valence-corrected chi connectivity index (χ3v) is 3.64. The van der Waals surface area contributed by atoms with Crippen LogP contribution >= 0.6 is 0 Å². The molecule has 0 aliphatic heterocycles. The number of carbonyl (C=O) groups is 2. The molecule has 0 aromatic heterocycles. The molecule has 2 aromatic rings. The summed E-state index contributed by atoms with van der Waals surface area (Å²) in [5.74, 6) is -1.13. The van der Waals surface area contributed by atoms with E-state index in [-0.39, 0.29) is 22.9 Å². The van der Waals surface area contributed by atoms with Crippen molar-refractivity contribution in [2.75, 3.05) is 0 Å². The first-order valence-electron chi connectivity index (χ1n) is 7.66. The minimum atomic E-state index is -1.000. The van der Waals surface area contributed by atoms with Gasteiger partial charge < -0.3 is 9.84 Å². The fraction of sp³-hybridized carbons (Fsp3) is 0.368. The molecule has 0 heterocycles. The van der Waals surface area contributed by atoms with Gasteiger partial charge in [-0.1, -0.05) is 52.0 Å². The van der Waals surface area contributed by atoms with E-state index in [1.807, 2.05) is 6.92 Å². The van der Waals surface area contributed by atoms with Gasteiger partial charge in [-0.2, -0.15) is 0 Å². The minimum Gasteiger partial charge on any atom is -0.478 e. The minimum absolute atomic E-state index is 0.0354. The van der Waals surface area contributed by atoms with Crippen molar-refractivity contribution in [1.82, 2.24) is 0 Å². The fourth-order valence-electron chi connectivity index (χ4n) is 2.77. The van der Waals surface area contributed by atoms with Gasteiger partial charge in [-0.05, 0) is 29.4 Å². The van der Waals surface area contributed by atoms with Crippen LogP contribution in [0.3, 0.4) is 0 Å². The maximum absolute atomic E-state index is 12.3. The third kappa shape index (κ3) is 4.09. The molecule has 0 spiro atoms. The molecule has 0 saturated heterocycles. The lowest BCUT2D eigenvalue weighted by Crippen LogP contribution is -2.23. The lowest BCUT2D eigenvalue weighted by Gasteiger charge is -2.22. The Morgan fingerprint density at radius 1 is 1.09 bits per heavy atom. The van der Waals surface area contributed by atoms with Crippen LogP contribution in [0, 0.1) is 11.3 Å². The maximum atomic E-state index is 12.3. The molecule has 0 fully saturated rings. The Balaban J connectivity index is 2.32. The van der Waals surface area contributed by atoms with E-state index in [1.165, 1.54) is 0 Å². The number of aromatic carboxylic acids is 1. The Morgan fingerprint density at radius 2 is 1.70 bits per heavy atom. The van der Waals surface area contributed by atoms with Crippen LogP contribution in [0.1, 0.15) is 44.5 Å². The third-order valence-electron chi connectivity index (χ3n) is 3.64. The monoisotopic (exact) mass is 314 g/mol. The zero-order valence-corrected chi connectivity index (χ0v) is 13.9. The quantitative estimate of drug-likeness (QED) is 0.666. The average molecular weight is 314 g/mol. The van der Waals surface area contributed by atoms with Crippen molar-refractivity contribution in [2.24, 2.45) is 11.3 Å². The summed E-state index contributed by atoms with van der Waals surface area (Å²) in [6.45, 7) is 8.08. The van der Waals surface area contributed by atoms with E-state index >= 15 is 0 Å². The molecule has 0 amide bonds. The van der Waals surface area contributed by atoms with E-state index in [0.717, 1.165) is 6.42 Å². The van der Waals surface area contributed by atoms with E-state index in [2.05, 4.69) is 20.8 Å². The van der Waals surface area contributed by atoms with Crippen molar-refractivity contribution in [1.29, 1.82) is 0 Å². The topological polar surface area (TPSA) is 63.6 Å². The number of hydrogen-bond acceptors (Lipinski definition) is 3. The van der Waals surface area contributed by atoms with Crippen molar-refractivity contribution in [3.05, 3.63) is 42.0 Å². The molecule has 0 radical (unpaired) electrons. The Bertz CT molecular complexity index is 741. The number of ether oxygens (including phenoxy) is 1. The van der Waals surface area contributed by atoms with Crippen LogP contribution in [-0.2, 0) is 4.79 Å². The van der Waals surface area contributed by atoms with Gasteiger partial charge in [-0.25, -0.2) is 4.79 Å². The van der Waals surface area contributed by atoms with Crippen molar-refractivity contribution in [3.63, 3.8) is 0 Å². The Kier molecular flexibility index (Phi) is 4.73. The van der Waals surface area contributed by atoms with Crippen molar-refractivity contribution >= 4 is 22.7 Å². The molecule has 0 saturated carbocycles. The van der Waals surface area contributed by atoms with Crippen molar-refractivity contribution in [2.45, 2.75) is 34.1 Å². The maximum Gasteiger partial charge on any atom is 0.336 e. The molecular formula is C19H22O4. The first-order valence-corrected chi connectivity index (χ1v) is 7.66. The Hall–Kier alpha value is -2.36. The van der Waals surface area contributed by atoms with Gasteiger partial charge in [0.25, 0.3) is 0 Å². The SMILES string of the molecule is CC(CC(C)(C)C)C(=O)Oc1cccc2c(C(=O)O)cccc12. The predicted octanol–water partition coefficient (Wildman–Crippen LogP) is 4.52. The summed E-state index contributed by atoms with van der Waals surface area (Å²) in [5, 5.41) is 10.5. The standard InChI is InChI=1S/C19H22O4/c1-12(11-19(2,3)4)18(22)23-16-10-6-7-13-14(16)8-5-9-15(13)17(20)21/h5-10,12H,11H2,1-4H3,(H,20,21). The predicted molar refractivity (Wildman–Crippen MR) is 89.8 cm³/mol. The van der Waals surface area contributed by atoms with E-state index in [4.69, 9.17) is 4.74 Å². The second-order valence-corrected chi connectivity index (χ2v) is 7.05. The highest BCUT2D eigenvalue weighted by Gasteiger charge is 2.23. The first kappa shape index (κ1) is 17.0. The van der Waals surface area contributed by atoms with Gasteiger partial charge in [0, 0.05) is 5.39 Å². The van der Waals surface area contributed by atoms with Crippen LogP contribution in [-0.4, -0.2) is 17.0 Å². The van der Waals surface area contributed by atoms with Crippen molar-refractivity contribution in [3.8, 4) is 5.75 Å². The molecule has 4 heteroatoms. The van der Waals surface area contributed by atoms with Crippen LogP contribution in [0.25, 0.3) is 10.8 Å². The molecule has 1 atom stereocenters. The van der Waals surface area contributed by atoms with Crippen molar-refractivity contribution < 1.29 is 19.4 Å². The molecule has 4 nitrogen and oxygen atoms in total. The summed E-state index contributed by atoms with van der Waals surface area (Å²) >= 11 is 0. The van der Waals surface area contributed by atoms with E-state index in [0.29, 0.717) is 16.5 Å². The smallest absolute Gasteiger partial charge is 0.336 e. The largest absolute Gasteiger partial charge is 0.478 e. The molecule has 2 rings (SSSR count). The number of carboxylic acids is 1. The number of hydrogen-bond donors (Lipinski definition) is 1. The van der Waals surface area contributed by atoms with Gasteiger partial charge in [0.05, 0.1) is 11.5 Å². The summed E-state index contributed by atoms with van der Waals surface area (Å²) in [7, 11) is 0. The summed E-state index contributed by atoms with van der Waals surface area (Å²) < 4.78 is 5.54. The fourth-order valence-corrected chi connectivity index (χ4v) is 2.77. The number of benzene rings is 2. The summed E-state index contributed by atoms with van der Waals surface area (Å²) in [6, 6.07) is 10.1. The molecular weight excluding hydrogens is 292 g/mol. The number of carbonyl (C=O) groups excluding carboxylic acids is 1. The highest BCUT2D eigenvalue weighted by atomic mass is 16.5. The zero-order chi connectivity index (χ0) is 17.2. The van der Waals surface area contributed by atoms with Gasteiger partial charge in [-0.15, -0.1) is 0 Å². The molecule has 0 aliphatic rings. The summed E-state index contributed by atoms with van der Waals surface area (Å²) in [4.78, 5) is 23.6. The summed E-state index contributed by atoms with van der Waals surface area (Å²) in [6.07, 6.45) is 0.719. The number of fused-ring (bicyclic) bond motifs is 1. The van der Waals surface area contributed by atoms with Gasteiger partial charge in [-0.3, -0.25) is 4.79 Å². The normalized spacial score (nSPS) is 12.9. The highest BCUT2D eigenvalue weighted by Crippen LogP contribution is 2.30.